The van der Waals surface area contributed by atoms with Crippen molar-refractivity contribution in [3.63, 3.8) is 0 Å². The normalized spacial score (nSPS) is 24.8. The van der Waals surface area contributed by atoms with E-state index in [1.54, 1.807) is 0 Å². The van der Waals surface area contributed by atoms with Crippen LogP contribution in [0.4, 0.5) is 0 Å². The van der Waals surface area contributed by atoms with Gasteiger partial charge in [0.05, 0.1) is 0 Å². The van der Waals surface area contributed by atoms with Gasteiger partial charge in [-0.25, -0.2) is 0 Å². The number of hydrogen-bond donors (Lipinski definition) is 1. The van der Waals surface area contributed by atoms with Crippen molar-refractivity contribution >= 4 is 8.24 Å². The first kappa shape index (κ1) is 12.8. The van der Waals surface area contributed by atoms with Crippen molar-refractivity contribution < 1.29 is 0 Å². The number of nitrogens with one attached hydrogen (secondary N) is 1. The Morgan fingerprint density at radius 3 is 2.24 bits per heavy atom. The highest BCUT2D eigenvalue weighted by Crippen LogP contribution is 2.44. The lowest BCUT2D eigenvalue weighted by Gasteiger charge is -2.37. The van der Waals surface area contributed by atoms with E-state index in [0.29, 0.717) is 5.04 Å². The van der Waals surface area contributed by atoms with E-state index in [0.717, 1.165) is 12.0 Å². The highest BCUT2D eigenvalue weighted by atomic mass is 28.3. The van der Waals surface area contributed by atoms with Gasteiger partial charge in [-0.15, -0.1) is 0 Å². The molecular formula is C15H25NSi. The maximum atomic E-state index is 3.96. The van der Waals surface area contributed by atoms with Gasteiger partial charge >= 0.3 is 0 Å². The fourth-order valence-corrected chi connectivity index (χ4v) is 3.78. The lowest BCUT2D eigenvalue weighted by molar-refractivity contribution is 0.679. The average molecular weight is 247 g/mol. The Bertz CT molecular complexity index is 378. The molecule has 1 aliphatic rings. The molecule has 2 rings (SSSR count). The summed E-state index contributed by atoms with van der Waals surface area (Å²) in [6, 6.07) is 11.6. The van der Waals surface area contributed by atoms with Gasteiger partial charge < -0.3 is 4.98 Å². The minimum Gasteiger partial charge on any atom is -0.334 e. The number of rotatable bonds is 3. The van der Waals surface area contributed by atoms with Crippen molar-refractivity contribution in [2.75, 3.05) is 0 Å². The molecule has 0 spiro atoms. The summed E-state index contributed by atoms with van der Waals surface area (Å²) in [5.74, 6) is 0.755. The first-order chi connectivity index (χ1) is 7.81. The molecule has 2 atom stereocenters. The predicted octanol–water partition coefficient (Wildman–Crippen LogP) is 4.14. The van der Waals surface area contributed by atoms with Gasteiger partial charge in [0.1, 0.15) is 8.24 Å². The SMILES string of the molecule is CC(C)(C)[Si](C)(C)NC1CC1c1ccccc1. The summed E-state index contributed by atoms with van der Waals surface area (Å²) in [5.41, 5.74) is 1.50. The summed E-state index contributed by atoms with van der Waals surface area (Å²) in [4.78, 5) is 3.96. The molecule has 1 aromatic carbocycles. The number of hydrogen-bond acceptors (Lipinski definition) is 1. The van der Waals surface area contributed by atoms with E-state index in [-0.39, 0.29) is 0 Å². The van der Waals surface area contributed by atoms with Crippen LogP contribution in [-0.2, 0) is 0 Å². The first-order valence-corrected chi connectivity index (χ1v) is 9.64. The van der Waals surface area contributed by atoms with Crippen molar-refractivity contribution in [1.29, 1.82) is 0 Å². The maximum Gasteiger partial charge on any atom is 0.125 e. The summed E-state index contributed by atoms with van der Waals surface area (Å²) < 4.78 is 0. The molecule has 0 aliphatic heterocycles. The molecule has 1 fully saturated rings. The van der Waals surface area contributed by atoms with Crippen molar-refractivity contribution in [3.05, 3.63) is 35.9 Å². The van der Waals surface area contributed by atoms with E-state index in [1.165, 1.54) is 12.0 Å². The van der Waals surface area contributed by atoms with Crippen LogP contribution < -0.4 is 4.98 Å². The third-order valence-corrected chi connectivity index (χ3v) is 9.28. The van der Waals surface area contributed by atoms with Gasteiger partial charge in [0.15, 0.2) is 0 Å². The second-order valence-corrected chi connectivity index (χ2v) is 11.9. The van der Waals surface area contributed by atoms with Gasteiger partial charge in [0, 0.05) is 12.0 Å². The second kappa shape index (κ2) is 4.25. The monoisotopic (exact) mass is 247 g/mol. The maximum absolute atomic E-state index is 3.96. The first-order valence-electron chi connectivity index (χ1n) is 6.64. The topological polar surface area (TPSA) is 12.0 Å². The third-order valence-electron chi connectivity index (χ3n) is 4.44. The van der Waals surface area contributed by atoms with Crippen molar-refractivity contribution in [2.24, 2.45) is 0 Å². The van der Waals surface area contributed by atoms with Crippen LogP contribution in [0.15, 0.2) is 30.3 Å². The smallest absolute Gasteiger partial charge is 0.125 e. The van der Waals surface area contributed by atoms with Gasteiger partial charge in [0.25, 0.3) is 0 Å². The zero-order chi connectivity index (χ0) is 12.7. The fourth-order valence-electron chi connectivity index (χ4n) is 2.10. The molecule has 0 aromatic heterocycles. The molecule has 2 heteroatoms. The van der Waals surface area contributed by atoms with Crippen molar-refractivity contribution in [3.8, 4) is 0 Å². The van der Waals surface area contributed by atoms with E-state index in [4.69, 9.17) is 0 Å². The number of benzene rings is 1. The van der Waals surface area contributed by atoms with Crippen molar-refractivity contribution in [1.82, 2.24) is 4.98 Å². The minimum absolute atomic E-state index is 0.427. The Kier molecular flexibility index (Phi) is 3.21. The molecule has 0 amide bonds. The van der Waals surface area contributed by atoms with Gasteiger partial charge in [-0.05, 0) is 17.0 Å². The lowest BCUT2D eigenvalue weighted by Crippen LogP contribution is -2.53. The zero-order valence-corrected chi connectivity index (χ0v) is 12.7. The van der Waals surface area contributed by atoms with Gasteiger partial charge in [-0.3, -0.25) is 0 Å². The quantitative estimate of drug-likeness (QED) is 0.792. The molecule has 0 radical (unpaired) electrons. The molecule has 1 aromatic rings. The van der Waals surface area contributed by atoms with Crippen LogP contribution in [0, 0.1) is 0 Å². The molecular weight excluding hydrogens is 222 g/mol. The van der Waals surface area contributed by atoms with Gasteiger partial charge in [-0.2, -0.15) is 0 Å². The van der Waals surface area contributed by atoms with Gasteiger partial charge in [0.2, 0.25) is 0 Å². The van der Waals surface area contributed by atoms with Gasteiger partial charge in [-0.1, -0.05) is 64.2 Å². The summed E-state index contributed by atoms with van der Waals surface area (Å²) in [6.45, 7) is 12.0. The van der Waals surface area contributed by atoms with E-state index in [2.05, 4.69) is 69.2 Å². The molecule has 1 saturated carbocycles. The molecule has 17 heavy (non-hydrogen) atoms. The summed E-state index contributed by atoms with van der Waals surface area (Å²) >= 11 is 0. The standard InChI is InChI=1S/C15H25NSi/c1-15(2,3)17(4,5)16-14-11-13(14)12-9-7-6-8-10-12/h6-10,13-14,16H,11H2,1-5H3. The largest absolute Gasteiger partial charge is 0.334 e. The lowest BCUT2D eigenvalue weighted by atomic mass is 10.1. The Labute approximate surface area is 107 Å². The summed E-state index contributed by atoms with van der Waals surface area (Å²) in [5, 5.41) is 0.427. The minimum atomic E-state index is -1.33. The molecule has 0 saturated heterocycles. The van der Waals surface area contributed by atoms with Crippen LogP contribution in [0.3, 0.4) is 0 Å². The van der Waals surface area contributed by atoms with E-state index >= 15 is 0 Å². The van der Waals surface area contributed by atoms with E-state index in [1.807, 2.05) is 0 Å². The third kappa shape index (κ3) is 2.80. The van der Waals surface area contributed by atoms with E-state index < -0.39 is 8.24 Å². The zero-order valence-electron chi connectivity index (χ0n) is 11.7. The second-order valence-electron chi connectivity index (χ2n) is 6.88. The molecule has 94 valence electrons. The van der Waals surface area contributed by atoms with Crippen LogP contribution in [0.5, 0.6) is 0 Å². The average Bonchev–Trinajstić information content (AvgIpc) is 2.96. The summed E-state index contributed by atoms with van der Waals surface area (Å²) in [7, 11) is -1.33. The van der Waals surface area contributed by atoms with Crippen LogP contribution >= 0.6 is 0 Å². The van der Waals surface area contributed by atoms with Crippen LogP contribution in [0.1, 0.15) is 38.7 Å². The van der Waals surface area contributed by atoms with Crippen LogP contribution in [0.2, 0.25) is 18.1 Å². The predicted molar refractivity (Wildman–Crippen MR) is 77.9 cm³/mol. The van der Waals surface area contributed by atoms with E-state index in [9.17, 15) is 0 Å². The molecule has 2 unspecified atom stereocenters. The Hall–Kier alpha value is -0.603. The highest BCUT2D eigenvalue weighted by Gasteiger charge is 2.45. The van der Waals surface area contributed by atoms with Crippen molar-refractivity contribution in [2.45, 2.75) is 57.3 Å². The molecule has 0 heterocycles. The fraction of sp³-hybridized carbons (Fsp3) is 0.600. The molecule has 0 bridgehead atoms. The highest BCUT2D eigenvalue weighted by molar-refractivity contribution is 6.77. The van der Waals surface area contributed by atoms with Crippen LogP contribution in [0.25, 0.3) is 0 Å². The van der Waals surface area contributed by atoms with Crippen LogP contribution in [-0.4, -0.2) is 14.3 Å². The summed E-state index contributed by atoms with van der Waals surface area (Å²) in [6.07, 6.45) is 1.32. The Morgan fingerprint density at radius 1 is 1.12 bits per heavy atom. The Morgan fingerprint density at radius 2 is 1.71 bits per heavy atom. The Balaban J connectivity index is 1.97. The molecule has 1 N–H and O–H groups in total. The molecule has 1 nitrogen and oxygen atoms in total. The molecule has 1 aliphatic carbocycles.